The Kier molecular flexibility index (Phi) is 2.36. The quantitative estimate of drug-likeness (QED) is 0.557. The van der Waals surface area contributed by atoms with Gasteiger partial charge in [-0.05, 0) is 31.0 Å². The van der Waals surface area contributed by atoms with E-state index < -0.39 is 0 Å². The first-order chi connectivity index (χ1) is 5.25. The fourth-order valence-corrected chi connectivity index (χ4v) is 0.906. The average Bonchev–Trinajstić information content (AvgIpc) is 1.99. The van der Waals surface area contributed by atoms with Crippen molar-refractivity contribution in [2.75, 3.05) is 7.05 Å². The van der Waals surface area contributed by atoms with Crippen LogP contribution >= 0.6 is 0 Å². The maximum Gasteiger partial charge on any atom is 0.0839 e. The number of aryl methyl sites for hydroxylation is 1. The van der Waals surface area contributed by atoms with E-state index in [2.05, 4.69) is 23.8 Å². The van der Waals surface area contributed by atoms with Crippen LogP contribution in [0, 0.1) is 13.8 Å². The lowest BCUT2D eigenvalue weighted by molar-refractivity contribution is 1.19. The van der Waals surface area contributed by atoms with Crippen molar-refractivity contribution in [1.82, 2.24) is 4.98 Å². The van der Waals surface area contributed by atoms with Gasteiger partial charge in [0.25, 0.3) is 0 Å². The second-order valence-electron chi connectivity index (χ2n) is 2.53. The lowest BCUT2D eigenvalue weighted by atomic mass is 10.1. The predicted molar refractivity (Wildman–Crippen MR) is 47.2 cm³/mol. The van der Waals surface area contributed by atoms with Gasteiger partial charge in [-0.3, -0.25) is 9.98 Å². The Bertz CT molecular complexity index is 277. The van der Waals surface area contributed by atoms with E-state index in [1.54, 1.807) is 19.5 Å². The molecule has 0 amide bonds. The molecule has 0 radical (unpaired) electrons. The highest BCUT2D eigenvalue weighted by Gasteiger charge is 1.97. The summed E-state index contributed by atoms with van der Waals surface area (Å²) in [5, 5.41) is 0. The van der Waals surface area contributed by atoms with Crippen molar-refractivity contribution in [3.05, 3.63) is 29.1 Å². The highest BCUT2D eigenvalue weighted by molar-refractivity contribution is 5.79. The fraction of sp³-hybridized carbons (Fsp3) is 0.333. The van der Waals surface area contributed by atoms with Gasteiger partial charge in [-0.15, -0.1) is 0 Å². The monoisotopic (exact) mass is 148 g/mol. The van der Waals surface area contributed by atoms with E-state index >= 15 is 0 Å². The van der Waals surface area contributed by atoms with Gasteiger partial charge in [0.2, 0.25) is 0 Å². The largest absolute Gasteiger partial charge is 0.294 e. The number of pyridine rings is 1. The smallest absolute Gasteiger partial charge is 0.0839 e. The number of aliphatic imine (C=N–C) groups is 1. The second-order valence-corrected chi connectivity index (χ2v) is 2.53. The Balaban J connectivity index is 3.16. The Morgan fingerprint density at radius 1 is 1.45 bits per heavy atom. The summed E-state index contributed by atoms with van der Waals surface area (Å²) in [5.74, 6) is 0. The first kappa shape index (κ1) is 7.92. The third-order valence-corrected chi connectivity index (χ3v) is 1.77. The molecule has 0 saturated carbocycles. The van der Waals surface area contributed by atoms with Crippen LogP contribution in [0.3, 0.4) is 0 Å². The molecule has 2 nitrogen and oxygen atoms in total. The zero-order chi connectivity index (χ0) is 8.27. The van der Waals surface area contributed by atoms with E-state index in [1.165, 1.54) is 11.1 Å². The fourth-order valence-electron chi connectivity index (χ4n) is 0.906. The molecule has 0 atom stereocenters. The Morgan fingerprint density at radius 2 is 2.18 bits per heavy atom. The average molecular weight is 148 g/mol. The van der Waals surface area contributed by atoms with E-state index in [0.29, 0.717) is 0 Å². The molecule has 2 heteroatoms. The zero-order valence-corrected chi connectivity index (χ0v) is 7.13. The second kappa shape index (κ2) is 3.28. The van der Waals surface area contributed by atoms with Crippen molar-refractivity contribution in [3.63, 3.8) is 0 Å². The summed E-state index contributed by atoms with van der Waals surface area (Å²) >= 11 is 0. The van der Waals surface area contributed by atoms with Crippen molar-refractivity contribution < 1.29 is 0 Å². The first-order valence-electron chi connectivity index (χ1n) is 3.60. The van der Waals surface area contributed by atoms with Crippen LogP contribution in [0.1, 0.15) is 16.8 Å². The van der Waals surface area contributed by atoms with Crippen molar-refractivity contribution in [2.45, 2.75) is 13.8 Å². The molecule has 1 aromatic rings. The van der Waals surface area contributed by atoms with Gasteiger partial charge in [-0.25, -0.2) is 0 Å². The summed E-state index contributed by atoms with van der Waals surface area (Å²) in [4.78, 5) is 8.10. The third-order valence-electron chi connectivity index (χ3n) is 1.77. The number of rotatable bonds is 1. The van der Waals surface area contributed by atoms with Crippen LogP contribution in [-0.4, -0.2) is 18.2 Å². The highest BCUT2D eigenvalue weighted by atomic mass is 14.7. The van der Waals surface area contributed by atoms with Crippen LogP contribution in [0.4, 0.5) is 0 Å². The summed E-state index contributed by atoms with van der Waals surface area (Å²) < 4.78 is 0. The third kappa shape index (κ3) is 1.64. The summed E-state index contributed by atoms with van der Waals surface area (Å²) in [5.41, 5.74) is 3.43. The van der Waals surface area contributed by atoms with Gasteiger partial charge in [0.1, 0.15) is 0 Å². The number of nitrogens with zero attached hydrogens (tertiary/aromatic N) is 2. The van der Waals surface area contributed by atoms with Crippen LogP contribution in [0.5, 0.6) is 0 Å². The molecule has 0 aliphatic heterocycles. The number of hydrogen-bond acceptors (Lipinski definition) is 2. The van der Waals surface area contributed by atoms with Crippen LogP contribution in [0.25, 0.3) is 0 Å². The topological polar surface area (TPSA) is 25.2 Å². The minimum absolute atomic E-state index is 0.965. The SMILES string of the molecule is CN=Cc1nccc(C)c1C. The molecule has 0 aliphatic rings. The molecular formula is C9H12N2. The number of hydrogen-bond donors (Lipinski definition) is 0. The minimum Gasteiger partial charge on any atom is -0.294 e. The maximum atomic E-state index is 4.18. The number of aromatic nitrogens is 1. The van der Waals surface area contributed by atoms with Gasteiger partial charge in [-0.2, -0.15) is 0 Å². The molecule has 0 aromatic carbocycles. The minimum atomic E-state index is 0.965. The van der Waals surface area contributed by atoms with E-state index in [-0.39, 0.29) is 0 Å². The normalized spacial score (nSPS) is 10.8. The predicted octanol–water partition coefficient (Wildman–Crippen LogP) is 1.75. The highest BCUT2D eigenvalue weighted by Crippen LogP contribution is 2.06. The summed E-state index contributed by atoms with van der Waals surface area (Å²) in [6, 6.07) is 2.00. The molecule has 0 fully saturated rings. The van der Waals surface area contributed by atoms with Gasteiger partial charge in [0, 0.05) is 19.5 Å². The zero-order valence-electron chi connectivity index (χ0n) is 7.13. The van der Waals surface area contributed by atoms with Gasteiger partial charge in [0.05, 0.1) is 5.69 Å². The van der Waals surface area contributed by atoms with Gasteiger partial charge < -0.3 is 0 Å². The van der Waals surface area contributed by atoms with E-state index in [0.717, 1.165) is 5.69 Å². The molecule has 1 aromatic heterocycles. The van der Waals surface area contributed by atoms with Crippen LogP contribution < -0.4 is 0 Å². The van der Waals surface area contributed by atoms with E-state index in [4.69, 9.17) is 0 Å². The first-order valence-corrected chi connectivity index (χ1v) is 3.60. The van der Waals surface area contributed by atoms with Gasteiger partial charge in [0.15, 0.2) is 0 Å². The van der Waals surface area contributed by atoms with E-state index in [1.807, 2.05) is 6.07 Å². The molecule has 1 rings (SSSR count). The summed E-state index contributed by atoms with van der Waals surface area (Å²) in [6.07, 6.45) is 3.58. The lowest BCUT2D eigenvalue weighted by Crippen LogP contribution is -1.93. The molecule has 0 N–H and O–H groups in total. The molecule has 0 spiro atoms. The maximum absolute atomic E-state index is 4.18. The molecule has 0 bridgehead atoms. The van der Waals surface area contributed by atoms with Gasteiger partial charge in [-0.1, -0.05) is 0 Å². The van der Waals surface area contributed by atoms with Crippen LogP contribution in [0.15, 0.2) is 17.3 Å². The van der Waals surface area contributed by atoms with Crippen LogP contribution in [-0.2, 0) is 0 Å². The van der Waals surface area contributed by atoms with Crippen molar-refractivity contribution >= 4 is 6.21 Å². The molecule has 1 heterocycles. The van der Waals surface area contributed by atoms with Crippen LogP contribution in [0.2, 0.25) is 0 Å². The Morgan fingerprint density at radius 3 is 2.82 bits per heavy atom. The standard InChI is InChI=1S/C9H12N2/c1-7-4-5-11-9(6-10-3)8(7)2/h4-6H,1-3H3. The lowest BCUT2D eigenvalue weighted by Gasteiger charge is -2.00. The summed E-state index contributed by atoms with van der Waals surface area (Å²) in [6.45, 7) is 4.13. The molecule has 0 saturated heterocycles. The Labute approximate surface area is 67.0 Å². The molecule has 0 aliphatic carbocycles. The van der Waals surface area contributed by atoms with E-state index in [9.17, 15) is 0 Å². The molecule has 0 unspecified atom stereocenters. The molecular weight excluding hydrogens is 136 g/mol. The Hall–Kier alpha value is -1.18. The summed E-state index contributed by atoms with van der Waals surface area (Å²) in [7, 11) is 1.75. The van der Waals surface area contributed by atoms with Crippen molar-refractivity contribution in [3.8, 4) is 0 Å². The van der Waals surface area contributed by atoms with Gasteiger partial charge >= 0.3 is 0 Å². The van der Waals surface area contributed by atoms with Crippen molar-refractivity contribution in [2.24, 2.45) is 4.99 Å². The van der Waals surface area contributed by atoms with Crippen molar-refractivity contribution in [1.29, 1.82) is 0 Å². The molecule has 58 valence electrons. The molecule has 11 heavy (non-hydrogen) atoms.